The maximum atomic E-state index is 9.20. The number of aromatic nitrogens is 4. The summed E-state index contributed by atoms with van der Waals surface area (Å²) in [6.07, 6.45) is 1.74. The van der Waals surface area contributed by atoms with E-state index in [1.165, 1.54) is 0 Å². The van der Waals surface area contributed by atoms with Crippen LogP contribution in [0.15, 0.2) is 54.7 Å². The molecule has 0 radical (unpaired) electrons. The second-order valence-electron chi connectivity index (χ2n) is 4.81. The molecule has 4 aromatic rings. The van der Waals surface area contributed by atoms with Gasteiger partial charge < -0.3 is 5.11 Å². The molecule has 2 aromatic heterocycles. The van der Waals surface area contributed by atoms with E-state index in [0.29, 0.717) is 5.69 Å². The van der Waals surface area contributed by atoms with E-state index in [1.54, 1.807) is 10.9 Å². The van der Waals surface area contributed by atoms with Crippen LogP contribution in [0.5, 0.6) is 0 Å². The van der Waals surface area contributed by atoms with Gasteiger partial charge in [-0.3, -0.25) is 0 Å². The first-order valence-corrected chi connectivity index (χ1v) is 6.67. The fourth-order valence-corrected chi connectivity index (χ4v) is 2.54. The van der Waals surface area contributed by atoms with E-state index in [9.17, 15) is 5.11 Å². The Balaban J connectivity index is 2.15. The van der Waals surface area contributed by atoms with Gasteiger partial charge >= 0.3 is 0 Å². The van der Waals surface area contributed by atoms with E-state index in [0.717, 1.165) is 27.5 Å². The number of para-hydroxylation sites is 2. The van der Waals surface area contributed by atoms with Crippen molar-refractivity contribution in [3.8, 4) is 5.69 Å². The molecule has 21 heavy (non-hydrogen) atoms. The quantitative estimate of drug-likeness (QED) is 0.571. The first kappa shape index (κ1) is 12.0. The molecule has 1 N–H and O–H groups in total. The highest BCUT2D eigenvalue weighted by atomic mass is 16.3. The Kier molecular flexibility index (Phi) is 2.65. The molecule has 0 amide bonds. The molecule has 2 heterocycles. The van der Waals surface area contributed by atoms with Gasteiger partial charge in [-0.15, -0.1) is 5.10 Å². The van der Waals surface area contributed by atoms with Gasteiger partial charge in [0.05, 0.1) is 29.5 Å². The van der Waals surface area contributed by atoms with Gasteiger partial charge in [0.15, 0.2) is 0 Å². The standard InChI is InChI=1S/C16H12N4O/c21-10-11-9-20(19-18-11)16-12-5-1-3-7-14(12)17-15-8-4-2-6-13(15)16/h1-9,21H,10H2. The van der Waals surface area contributed by atoms with E-state index in [4.69, 9.17) is 0 Å². The number of nitrogens with zero attached hydrogens (tertiary/aromatic N) is 4. The summed E-state index contributed by atoms with van der Waals surface area (Å²) in [6.45, 7) is -0.124. The average Bonchev–Trinajstić information content (AvgIpc) is 3.01. The monoisotopic (exact) mass is 276 g/mol. The van der Waals surface area contributed by atoms with Gasteiger partial charge in [-0.2, -0.15) is 0 Å². The van der Waals surface area contributed by atoms with Crippen molar-refractivity contribution in [3.05, 3.63) is 60.4 Å². The predicted octanol–water partition coefficient (Wildman–Crippen LogP) is 2.46. The van der Waals surface area contributed by atoms with Gasteiger partial charge in [0.2, 0.25) is 0 Å². The molecule has 0 unspecified atom stereocenters. The molecular weight excluding hydrogens is 264 g/mol. The third-order valence-corrected chi connectivity index (χ3v) is 3.49. The van der Waals surface area contributed by atoms with Gasteiger partial charge in [0.25, 0.3) is 0 Å². The van der Waals surface area contributed by atoms with Crippen LogP contribution in [0.2, 0.25) is 0 Å². The minimum atomic E-state index is -0.124. The molecule has 0 atom stereocenters. The lowest BCUT2D eigenvalue weighted by molar-refractivity contribution is 0.276. The van der Waals surface area contributed by atoms with E-state index >= 15 is 0 Å². The van der Waals surface area contributed by atoms with Gasteiger partial charge in [-0.25, -0.2) is 9.67 Å². The van der Waals surface area contributed by atoms with Gasteiger partial charge in [0.1, 0.15) is 5.69 Å². The normalized spacial score (nSPS) is 11.3. The molecule has 102 valence electrons. The SMILES string of the molecule is OCc1cn(-c2c3ccccc3nc3ccccc23)nn1. The van der Waals surface area contributed by atoms with E-state index in [-0.39, 0.29) is 6.61 Å². The molecule has 5 heteroatoms. The van der Waals surface area contributed by atoms with Crippen LogP contribution in [0.3, 0.4) is 0 Å². The first-order valence-electron chi connectivity index (χ1n) is 6.67. The van der Waals surface area contributed by atoms with Gasteiger partial charge in [-0.05, 0) is 12.1 Å². The number of hydrogen-bond donors (Lipinski definition) is 1. The van der Waals surface area contributed by atoms with Crippen molar-refractivity contribution in [1.29, 1.82) is 0 Å². The van der Waals surface area contributed by atoms with Crippen LogP contribution in [0.4, 0.5) is 0 Å². The molecule has 0 saturated heterocycles. The van der Waals surface area contributed by atoms with Crippen molar-refractivity contribution in [2.75, 3.05) is 0 Å². The van der Waals surface area contributed by atoms with Crippen molar-refractivity contribution in [2.24, 2.45) is 0 Å². The lowest BCUT2D eigenvalue weighted by Gasteiger charge is -2.09. The number of pyridine rings is 1. The summed E-state index contributed by atoms with van der Waals surface area (Å²) in [5.41, 5.74) is 3.29. The minimum absolute atomic E-state index is 0.124. The zero-order valence-electron chi connectivity index (χ0n) is 11.1. The molecule has 0 saturated carbocycles. The number of aliphatic hydroxyl groups is 1. The minimum Gasteiger partial charge on any atom is -0.390 e. The number of hydrogen-bond acceptors (Lipinski definition) is 4. The Labute approximate surface area is 120 Å². The lowest BCUT2D eigenvalue weighted by Crippen LogP contribution is -1.99. The zero-order valence-corrected chi connectivity index (χ0v) is 11.1. The fraction of sp³-hybridized carbons (Fsp3) is 0.0625. The van der Waals surface area contributed by atoms with Crippen LogP contribution in [-0.2, 0) is 6.61 Å². The van der Waals surface area contributed by atoms with Crippen molar-refractivity contribution < 1.29 is 5.11 Å². The highest BCUT2D eigenvalue weighted by Gasteiger charge is 2.12. The third-order valence-electron chi connectivity index (χ3n) is 3.49. The molecule has 0 fully saturated rings. The summed E-state index contributed by atoms with van der Waals surface area (Å²) in [5, 5.41) is 19.3. The molecule has 5 nitrogen and oxygen atoms in total. The summed E-state index contributed by atoms with van der Waals surface area (Å²) in [5.74, 6) is 0. The molecular formula is C16H12N4O. The van der Waals surface area contributed by atoms with Crippen molar-refractivity contribution in [3.63, 3.8) is 0 Å². The van der Waals surface area contributed by atoms with Crippen LogP contribution >= 0.6 is 0 Å². The summed E-state index contributed by atoms with van der Waals surface area (Å²) < 4.78 is 1.71. The molecule has 0 aliphatic heterocycles. The molecule has 0 spiro atoms. The molecule has 0 aliphatic carbocycles. The van der Waals surface area contributed by atoms with Crippen molar-refractivity contribution >= 4 is 21.8 Å². The predicted molar refractivity (Wildman–Crippen MR) is 80.1 cm³/mol. The average molecular weight is 276 g/mol. The molecule has 0 bridgehead atoms. The molecule has 2 aromatic carbocycles. The molecule has 0 aliphatic rings. The van der Waals surface area contributed by atoms with E-state index in [2.05, 4.69) is 15.3 Å². The summed E-state index contributed by atoms with van der Waals surface area (Å²) in [4.78, 5) is 4.68. The maximum Gasteiger partial charge on any atom is 0.109 e. The van der Waals surface area contributed by atoms with Crippen molar-refractivity contribution in [1.82, 2.24) is 20.0 Å². The smallest absolute Gasteiger partial charge is 0.109 e. The summed E-state index contributed by atoms with van der Waals surface area (Å²) in [7, 11) is 0. The third kappa shape index (κ3) is 1.86. The number of aliphatic hydroxyl groups excluding tert-OH is 1. The van der Waals surface area contributed by atoms with Gasteiger partial charge in [0, 0.05) is 10.8 Å². The summed E-state index contributed by atoms with van der Waals surface area (Å²) in [6, 6.07) is 15.9. The number of benzene rings is 2. The fourth-order valence-electron chi connectivity index (χ4n) is 2.54. The number of rotatable bonds is 2. The Bertz CT molecular complexity index is 891. The van der Waals surface area contributed by atoms with Gasteiger partial charge in [-0.1, -0.05) is 41.6 Å². The Morgan fingerprint density at radius 3 is 2.10 bits per heavy atom. The van der Waals surface area contributed by atoms with Crippen LogP contribution < -0.4 is 0 Å². The van der Waals surface area contributed by atoms with E-state index < -0.39 is 0 Å². The maximum absolute atomic E-state index is 9.20. The first-order chi connectivity index (χ1) is 10.4. The largest absolute Gasteiger partial charge is 0.390 e. The second-order valence-corrected chi connectivity index (χ2v) is 4.81. The van der Waals surface area contributed by atoms with Crippen LogP contribution in [0, 0.1) is 0 Å². The Morgan fingerprint density at radius 1 is 0.905 bits per heavy atom. The number of fused-ring (bicyclic) bond motifs is 2. The van der Waals surface area contributed by atoms with Crippen LogP contribution in [0.25, 0.3) is 27.5 Å². The lowest BCUT2D eigenvalue weighted by atomic mass is 10.1. The summed E-state index contributed by atoms with van der Waals surface area (Å²) >= 11 is 0. The highest BCUT2D eigenvalue weighted by Crippen LogP contribution is 2.28. The topological polar surface area (TPSA) is 63.8 Å². The Hall–Kier alpha value is -2.79. The molecule has 4 rings (SSSR count). The van der Waals surface area contributed by atoms with Crippen LogP contribution in [0.1, 0.15) is 5.69 Å². The highest BCUT2D eigenvalue weighted by molar-refractivity contribution is 6.02. The zero-order chi connectivity index (χ0) is 14.2. The second kappa shape index (κ2) is 4.64. The van der Waals surface area contributed by atoms with E-state index in [1.807, 2.05) is 48.5 Å². The van der Waals surface area contributed by atoms with Crippen LogP contribution in [-0.4, -0.2) is 25.1 Å². The Morgan fingerprint density at radius 2 is 1.52 bits per heavy atom. The van der Waals surface area contributed by atoms with Crippen molar-refractivity contribution in [2.45, 2.75) is 6.61 Å².